The highest BCUT2D eigenvalue weighted by molar-refractivity contribution is 7.16. The highest BCUT2D eigenvalue weighted by Crippen LogP contribution is 2.30. The molecule has 1 N–H and O–H groups in total. The molecule has 0 amide bonds. The number of rotatable bonds is 4. The second-order valence-electron chi connectivity index (χ2n) is 4.38. The van der Waals surface area contributed by atoms with E-state index in [1.165, 1.54) is 0 Å². The Morgan fingerprint density at radius 3 is 2.60 bits per heavy atom. The molecule has 3 nitrogen and oxygen atoms in total. The lowest BCUT2D eigenvalue weighted by atomic mass is 10.2. The summed E-state index contributed by atoms with van der Waals surface area (Å²) < 4.78 is 2.68. The smallest absolute Gasteiger partial charge is 0.0931 e. The molecule has 2 heterocycles. The Balaban J connectivity index is 1.92. The molecule has 20 heavy (non-hydrogen) atoms. The van der Waals surface area contributed by atoms with Crippen LogP contribution < -0.4 is 5.32 Å². The fourth-order valence-corrected chi connectivity index (χ4v) is 3.32. The Labute approximate surface area is 126 Å². The zero-order valence-corrected chi connectivity index (χ0v) is 12.5. The van der Waals surface area contributed by atoms with Gasteiger partial charge >= 0.3 is 0 Å². The van der Waals surface area contributed by atoms with Crippen LogP contribution in [0.1, 0.15) is 16.6 Å². The lowest BCUT2D eigenvalue weighted by Crippen LogP contribution is -2.17. The van der Waals surface area contributed by atoms with Crippen molar-refractivity contribution >= 4 is 22.9 Å². The number of nitrogens with zero attached hydrogens (tertiary/aromatic N) is 2. The van der Waals surface area contributed by atoms with Crippen LogP contribution >= 0.6 is 22.9 Å². The monoisotopic (exact) mass is 303 g/mol. The predicted molar refractivity (Wildman–Crippen MR) is 83.8 cm³/mol. The third kappa shape index (κ3) is 2.63. The molecule has 0 spiro atoms. The van der Waals surface area contributed by atoms with Crippen LogP contribution in [0.2, 0.25) is 4.34 Å². The summed E-state index contributed by atoms with van der Waals surface area (Å²) in [4.78, 5) is 1.16. The molecule has 1 atom stereocenters. The summed E-state index contributed by atoms with van der Waals surface area (Å²) in [6.45, 7) is 0. The molecule has 1 unspecified atom stereocenters. The average Bonchev–Trinajstić information content (AvgIpc) is 3.11. The first kappa shape index (κ1) is 13.4. The maximum Gasteiger partial charge on any atom is 0.0931 e. The maximum atomic E-state index is 6.02. The molecule has 2 aromatic heterocycles. The van der Waals surface area contributed by atoms with Gasteiger partial charge in [-0.25, -0.2) is 4.68 Å². The minimum atomic E-state index is 0.0671. The number of nitrogens with one attached hydrogen (secondary N) is 1. The minimum absolute atomic E-state index is 0.0671. The third-order valence-electron chi connectivity index (χ3n) is 3.09. The molecule has 0 aliphatic heterocycles. The molecule has 0 fully saturated rings. The topological polar surface area (TPSA) is 29.9 Å². The molecule has 0 radical (unpaired) electrons. The molecule has 0 aliphatic carbocycles. The maximum absolute atomic E-state index is 6.02. The van der Waals surface area contributed by atoms with E-state index in [9.17, 15) is 0 Å². The first-order valence-corrected chi connectivity index (χ1v) is 7.51. The lowest BCUT2D eigenvalue weighted by molar-refractivity contribution is 0.667. The van der Waals surface area contributed by atoms with Gasteiger partial charge in [-0.1, -0.05) is 29.8 Å². The minimum Gasteiger partial charge on any atom is -0.307 e. The van der Waals surface area contributed by atoms with Crippen LogP contribution in [-0.2, 0) is 0 Å². The van der Waals surface area contributed by atoms with Crippen LogP contribution in [0.15, 0.2) is 54.7 Å². The summed E-state index contributed by atoms with van der Waals surface area (Å²) in [5.74, 6) is 0. The first-order valence-electron chi connectivity index (χ1n) is 6.31. The van der Waals surface area contributed by atoms with Gasteiger partial charge in [0.25, 0.3) is 0 Å². The molecular formula is C15H14ClN3S. The number of para-hydroxylation sites is 1. The van der Waals surface area contributed by atoms with Gasteiger partial charge < -0.3 is 5.32 Å². The van der Waals surface area contributed by atoms with Crippen molar-refractivity contribution in [3.8, 4) is 5.69 Å². The number of hydrogen-bond acceptors (Lipinski definition) is 3. The summed E-state index contributed by atoms with van der Waals surface area (Å²) in [7, 11) is 1.93. The number of benzene rings is 1. The lowest BCUT2D eigenvalue weighted by Gasteiger charge is -2.11. The van der Waals surface area contributed by atoms with Gasteiger partial charge in [0.2, 0.25) is 0 Å². The van der Waals surface area contributed by atoms with Crippen molar-refractivity contribution in [3.63, 3.8) is 0 Å². The van der Waals surface area contributed by atoms with Crippen LogP contribution in [0.25, 0.3) is 5.69 Å². The van der Waals surface area contributed by atoms with Crippen molar-refractivity contribution in [2.75, 3.05) is 7.05 Å². The number of aromatic nitrogens is 2. The molecule has 5 heteroatoms. The Bertz CT molecular complexity index is 690. The highest BCUT2D eigenvalue weighted by atomic mass is 35.5. The van der Waals surface area contributed by atoms with Crippen molar-refractivity contribution in [1.29, 1.82) is 0 Å². The van der Waals surface area contributed by atoms with E-state index in [4.69, 9.17) is 11.6 Å². The Morgan fingerprint density at radius 2 is 1.95 bits per heavy atom. The standard InChI is InChI=1S/C15H14ClN3S/c1-17-15(13-7-8-14(16)20-13)12-9-10-19(18-12)11-5-3-2-4-6-11/h2-10,15,17H,1H3. The molecule has 1 aromatic carbocycles. The van der Waals surface area contributed by atoms with Gasteiger partial charge in [-0.2, -0.15) is 5.10 Å². The summed E-state index contributed by atoms with van der Waals surface area (Å²) in [6, 6.07) is 16.1. The van der Waals surface area contributed by atoms with Crippen LogP contribution in [0.4, 0.5) is 0 Å². The molecule has 3 aromatic rings. The largest absolute Gasteiger partial charge is 0.307 e. The molecule has 102 valence electrons. The van der Waals surface area contributed by atoms with E-state index in [0.29, 0.717) is 0 Å². The van der Waals surface area contributed by atoms with Gasteiger partial charge in [0.1, 0.15) is 0 Å². The first-order chi connectivity index (χ1) is 9.78. The van der Waals surface area contributed by atoms with Crippen LogP contribution in [0.3, 0.4) is 0 Å². The van der Waals surface area contributed by atoms with Gasteiger partial charge in [0.15, 0.2) is 0 Å². The molecule has 3 rings (SSSR count). The van der Waals surface area contributed by atoms with E-state index >= 15 is 0 Å². The number of hydrogen-bond donors (Lipinski definition) is 1. The molecular weight excluding hydrogens is 290 g/mol. The average molecular weight is 304 g/mol. The Kier molecular flexibility index (Phi) is 3.87. The van der Waals surface area contributed by atoms with Gasteiger partial charge in [-0.3, -0.25) is 0 Å². The van der Waals surface area contributed by atoms with Crippen molar-refractivity contribution in [3.05, 3.63) is 69.6 Å². The second-order valence-corrected chi connectivity index (χ2v) is 6.13. The summed E-state index contributed by atoms with van der Waals surface area (Å²) >= 11 is 7.59. The van der Waals surface area contributed by atoms with Gasteiger partial charge in [-0.05, 0) is 37.4 Å². The molecule has 0 aliphatic rings. The van der Waals surface area contributed by atoms with E-state index < -0.39 is 0 Å². The number of halogens is 1. The fraction of sp³-hybridized carbons (Fsp3) is 0.133. The van der Waals surface area contributed by atoms with E-state index in [0.717, 1.165) is 20.6 Å². The van der Waals surface area contributed by atoms with E-state index in [2.05, 4.69) is 10.4 Å². The SMILES string of the molecule is CNC(c1ccn(-c2ccccc2)n1)c1ccc(Cl)s1. The van der Waals surface area contributed by atoms with Crippen molar-refractivity contribution in [1.82, 2.24) is 15.1 Å². The van der Waals surface area contributed by atoms with E-state index in [1.807, 2.05) is 66.5 Å². The van der Waals surface area contributed by atoms with Crippen LogP contribution in [-0.4, -0.2) is 16.8 Å². The van der Waals surface area contributed by atoms with E-state index in [1.54, 1.807) is 11.3 Å². The Morgan fingerprint density at radius 1 is 1.15 bits per heavy atom. The second kappa shape index (κ2) is 5.79. The zero-order valence-electron chi connectivity index (χ0n) is 11.0. The van der Waals surface area contributed by atoms with Crippen LogP contribution in [0, 0.1) is 0 Å². The zero-order chi connectivity index (χ0) is 13.9. The predicted octanol–water partition coefficient (Wildman–Crippen LogP) is 3.90. The summed E-state index contributed by atoms with van der Waals surface area (Å²) in [5, 5.41) is 7.94. The molecule has 0 saturated heterocycles. The van der Waals surface area contributed by atoms with Crippen molar-refractivity contribution in [2.45, 2.75) is 6.04 Å². The van der Waals surface area contributed by atoms with Crippen molar-refractivity contribution < 1.29 is 0 Å². The van der Waals surface area contributed by atoms with Gasteiger partial charge in [-0.15, -0.1) is 11.3 Å². The summed E-state index contributed by atoms with van der Waals surface area (Å²) in [5.41, 5.74) is 2.03. The van der Waals surface area contributed by atoms with Crippen LogP contribution in [0.5, 0.6) is 0 Å². The number of thiophene rings is 1. The fourth-order valence-electron chi connectivity index (χ4n) is 2.14. The van der Waals surface area contributed by atoms with Gasteiger partial charge in [0.05, 0.1) is 21.8 Å². The van der Waals surface area contributed by atoms with Crippen molar-refractivity contribution in [2.24, 2.45) is 0 Å². The Hall–Kier alpha value is -1.62. The summed E-state index contributed by atoms with van der Waals surface area (Å²) in [6.07, 6.45) is 1.98. The third-order valence-corrected chi connectivity index (χ3v) is 4.39. The highest BCUT2D eigenvalue weighted by Gasteiger charge is 2.17. The molecule has 0 saturated carbocycles. The molecule has 0 bridgehead atoms. The van der Waals surface area contributed by atoms with Gasteiger partial charge in [0, 0.05) is 11.1 Å². The van der Waals surface area contributed by atoms with E-state index in [-0.39, 0.29) is 6.04 Å². The quantitative estimate of drug-likeness (QED) is 0.792. The normalized spacial score (nSPS) is 12.5.